The molecule has 0 radical (unpaired) electrons. The monoisotopic (exact) mass is 362 g/mol. The number of ether oxygens (including phenoxy) is 1. The van der Waals surface area contributed by atoms with E-state index in [1.165, 1.54) is 0 Å². The second-order valence-corrected chi connectivity index (χ2v) is 6.40. The summed E-state index contributed by atoms with van der Waals surface area (Å²) in [4.78, 5) is 11.1. The fraction of sp³-hybridized carbons (Fsp3) is 0.500. The van der Waals surface area contributed by atoms with E-state index in [-0.39, 0.29) is 5.97 Å². The van der Waals surface area contributed by atoms with Gasteiger partial charge in [0.05, 0.1) is 12.4 Å². The maximum atomic E-state index is 11.1. The Kier molecular flexibility index (Phi) is 19.3. The summed E-state index contributed by atoms with van der Waals surface area (Å²) in [7, 11) is 0. The van der Waals surface area contributed by atoms with E-state index in [0.717, 1.165) is 44.3 Å². The fourth-order valence-electron chi connectivity index (χ4n) is 1.89. The van der Waals surface area contributed by atoms with Crippen LogP contribution < -0.4 is 0 Å². The Bertz CT molecular complexity index is 445. The molecular weight excluding hydrogens is 328 g/mol. The van der Waals surface area contributed by atoms with Crippen LogP contribution in [-0.4, -0.2) is 24.1 Å². The lowest BCUT2D eigenvalue weighted by Crippen LogP contribution is -2.06. The number of rotatable bonds is 15. The van der Waals surface area contributed by atoms with Crippen LogP contribution >= 0.6 is 11.8 Å². The second kappa shape index (κ2) is 20.6. The molecule has 0 spiro atoms. The van der Waals surface area contributed by atoms with Crippen LogP contribution in [0.4, 0.5) is 0 Å². The van der Waals surface area contributed by atoms with Crippen molar-refractivity contribution in [3.8, 4) is 0 Å². The molecule has 0 unspecified atom stereocenters. The molecular formula is C22H34O2S. The summed E-state index contributed by atoms with van der Waals surface area (Å²) in [6.45, 7) is 4.45. The number of carbonyl (C=O) groups excluding carboxylic acids is 1. The molecule has 0 rings (SSSR count). The first-order valence-corrected chi connectivity index (χ1v) is 10.4. The van der Waals surface area contributed by atoms with Gasteiger partial charge in [0.2, 0.25) is 0 Å². The third-order valence-electron chi connectivity index (χ3n) is 3.12. The molecule has 0 N–H and O–H groups in total. The van der Waals surface area contributed by atoms with Crippen molar-refractivity contribution in [3.05, 3.63) is 60.8 Å². The van der Waals surface area contributed by atoms with Crippen LogP contribution in [-0.2, 0) is 9.53 Å². The third kappa shape index (κ3) is 20.5. The van der Waals surface area contributed by atoms with Gasteiger partial charge in [0.1, 0.15) is 0 Å². The van der Waals surface area contributed by atoms with Crippen molar-refractivity contribution in [3.63, 3.8) is 0 Å². The molecule has 0 atom stereocenters. The molecule has 0 bridgehead atoms. The van der Waals surface area contributed by atoms with Crippen molar-refractivity contribution in [1.82, 2.24) is 0 Å². The Morgan fingerprint density at radius 2 is 1.28 bits per heavy atom. The minimum Gasteiger partial charge on any atom is -0.465 e. The largest absolute Gasteiger partial charge is 0.465 e. The van der Waals surface area contributed by atoms with Crippen LogP contribution in [0.5, 0.6) is 0 Å². The van der Waals surface area contributed by atoms with Crippen molar-refractivity contribution in [2.75, 3.05) is 18.1 Å². The fourth-order valence-corrected chi connectivity index (χ4v) is 2.53. The minimum absolute atomic E-state index is 0.124. The standard InChI is InChI=1S/C22H34O2S/c1-3-5-6-7-8-9-10-11-12-13-14-15-16-17-18-19-20-25-21-22(23)24-4-2/h5-6,8-9,11-12,14-15,18-19H,3-4,7,10,13,16-17,20-21H2,1-2H3/b6-5-,9-8-,12-11-,15-14-,19-18+. The molecule has 0 saturated carbocycles. The van der Waals surface area contributed by atoms with E-state index < -0.39 is 0 Å². The molecule has 0 aliphatic rings. The van der Waals surface area contributed by atoms with Crippen molar-refractivity contribution < 1.29 is 9.53 Å². The van der Waals surface area contributed by atoms with E-state index in [1.807, 2.05) is 6.92 Å². The van der Waals surface area contributed by atoms with Gasteiger partial charge in [-0.2, -0.15) is 0 Å². The average molecular weight is 363 g/mol. The summed E-state index contributed by atoms with van der Waals surface area (Å²) in [6, 6.07) is 0. The topological polar surface area (TPSA) is 26.3 Å². The quantitative estimate of drug-likeness (QED) is 0.191. The van der Waals surface area contributed by atoms with Gasteiger partial charge in [-0.3, -0.25) is 4.79 Å². The van der Waals surface area contributed by atoms with E-state index >= 15 is 0 Å². The first-order valence-electron chi connectivity index (χ1n) is 9.29. The van der Waals surface area contributed by atoms with Gasteiger partial charge in [0.25, 0.3) is 0 Å². The number of hydrogen-bond donors (Lipinski definition) is 0. The third-order valence-corrected chi connectivity index (χ3v) is 3.99. The van der Waals surface area contributed by atoms with Crippen molar-refractivity contribution >= 4 is 17.7 Å². The van der Waals surface area contributed by atoms with Gasteiger partial charge in [-0.05, 0) is 45.4 Å². The van der Waals surface area contributed by atoms with Crippen molar-refractivity contribution in [2.24, 2.45) is 0 Å². The van der Waals surface area contributed by atoms with Crippen LogP contribution in [0, 0.1) is 0 Å². The molecule has 0 saturated heterocycles. The Morgan fingerprint density at radius 3 is 1.84 bits per heavy atom. The molecule has 2 nitrogen and oxygen atoms in total. The summed E-state index contributed by atoms with van der Waals surface area (Å²) < 4.78 is 4.87. The number of thioether (sulfide) groups is 1. The first-order chi connectivity index (χ1) is 12.3. The van der Waals surface area contributed by atoms with Crippen molar-refractivity contribution in [1.29, 1.82) is 0 Å². The molecule has 0 aromatic rings. The molecule has 25 heavy (non-hydrogen) atoms. The van der Waals surface area contributed by atoms with E-state index in [0.29, 0.717) is 12.4 Å². The van der Waals surface area contributed by atoms with Crippen LogP contribution in [0.15, 0.2) is 60.8 Å². The highest BCUT2D eigenvalue weighted by Gasteiger charge is 1.98. The summed E-state index contributed by atoms with van der Waals surface area (Å²) >= 11 is 1.59. The van der Waals surface area contributed by atoms with E-state index in [2.05, 4.69) is 67.7 Å². The Hall–Kier alpha value is -1.48. The molecule has 0 amide bonds. The lowest BCUT2D eigenvalue weighted by atomic mass is 10.2. The summed E-state index contributed by atoms with van der Waals surface area (Å²) in [5.41, 5.74) is 0. The van der Waals surface area contributed by atoms with Gasteiger partial charge in [0, 0.05) is 5.75 Å². The SMILES string of the molecule is CC/C=C\C/C=C\C/C=C\C/C=C\CC/C=C/CSCC(=O)OCC. The average Bonchev–Trinajstić information content (AvgIpc) is 2.61. The van der Waals surface area contributed by atoms with E-state index in [4.69, 9.17) is 4.74 Å². The van der Waals surface area contributed by atoms with Crippen molar-refractivity contribution in [2.45, 2.75) is 52.4 Å². The van der Waals surface area contributed by atoms with Gasteiger partial charge in [-0.15, -0.1) is 11.8 Å². The maximum absolute atomic E-state index is 11.1. The van der Waals surface area contributed by atoms with Crippen LogP contribution in [0.25, 0.3) is 0 Å². The normalized spacial score (nSPS) is 12.6. The molecule has 0 aliphatic heterocycles. The van der Waals surface area contributed by atoms with E-state index in [1.54, 1.807) is 11.8 Å². The number of unbranched alkanes of at least 4 members (excludes halogenated alkanes) is 1. The highest BCUT2D eigenvalue weighted by molar-refractivity contribution is 8.00. The number of esters is 1. The van der Waals surface area contributed by atoms with Gasteiger partial charge in [0.15, 0.2) is 0 Å². The lowest BCUT2D eigenvalue weighted by molar-refractivity contribution is -0.139. The minimum atomic E-state index is -0.124. The second-order valence-electron chi connectivity index (χ2n) is 5.37. The number of carbonyl (C=O) groups is 1. The molecule has 3 heteroatoms. The lowest BCUT2D eigenvalue weighted by Gasteiger charge is -1.98. The molecule has 140 valence electrons. The summed E-state index contributed by atoms with van der Waals surface area (Å²) in [6.07, 6.45) is 28.3. The zero-order valence-electron chi connectivity index (χ0n) is 15.9. The van der Waals surface area contributed by atoms with Crippen LogP contribution in [0.2, 0.25) is 0 Å². The highest BCUT2D eigenvalue weighted by atomic mass is 32.2. The Balaban J connectivity index is 3.45. The zero-order chi connectivity index (χ0) is 18.4. The Morgan fingerprint density at radius 1 is 0.760 bits per heavy atom. The first kappa shape index (κ1) is 23.5. The van der Waals surface area contributed by atoms with Gasteiger partial charge in [-0.1, -0.05) is 67.7 Å². The number of hydrogen-bond acceptors (Lipinski definition) is 3. The van der Waals surface area contributed by atoms with Crippen LogP contribution in [0.1, 0.15) is 52.4 Å². The summed E-state index contributed by atoms with van der Waals surface area (Å²) in [5.74, 6) is 1.18. The molecule has 0 fully saturated rings. The summed E-state index contributed by atoms with van der Waals surface area (Å²) in [5, 5.41) is 0. The smallest absolute Gasteiger partial charge is 0.315 e. The van der Waals surface area contributed by atoms with Gasteiger partial charge < -0.3 is 4.74 Å². The molecule has 0 aromatic heterocycles. The molecule has 0 heterocycles. The van der Waals surface area contributed by atoms with Gasteiger partial charge >= 0.3 is 5.97 Å². The number of allylic oxidation sites excluding steroid dienone is 9. The zero-order valence-corrected chi connectivity index (χ0v) is 16.7. The predicted octanol–water partition coefficient (Wildman–Crippen LogP) is 6.42. The molecule has 0 aromatic carbocycles. The van der Waals surface area contributed by atoms with Gasteiger partial charge in [-0.25, -0.2) is 0 Å². The maximum Gasteiger partial charge on any atom is 0.315 e. The van der Waals surface area contributed by atoms with E-state index in [9.17, 15) is 4.79 Å². The predicted molar refractivity (Wildman–Crippen MR) is 113 cm³/mol. The highest BCUT2D eigenvalue weighted by Crippen LogP contribution is 2.03. The van der Waals surface area contributed by atoms with Crippen LogP contribution in [0.3, 0.4) is 0 Å². The molecule has 0 aliphatic carbocycles. The Labute approximate surface area is 158 Å².